The first kappa shape index (κ1) is 16.3. The number of nitrogens with one attached hydrogen (secondary N) is 1. The van der Waals surface area contributed by atoms with Crippen molar-refractivity contribution in [2.75, 3.05) is 13.7 Å². The van der Waals surface area contributed by atoms with Crippen molar-refractivity contribution in [1.29, 1.82) is 0 Å². The van der Waals surface area contributed by atoms with Crippen LogP contribution in [0.5, 0.6) is 17.4 Å². The van der Waals surface area contributed by atoms with Gasteiger partial charge in [0.25, 0.3) is 0 Å². The second kappa shape index (κ2) is 7.77. The lowest BCUT2D eigenvalue weighted by molar-refractivity contribution is 0.408. The lowest BCUT2D eigenvalue weighted by atomic mass is 10.3. The fourth-order valence-electron chi connectivity index (χ4n) is 1.72. The molecule has 0 aliphatic heterocycles. The van der Waals surface area contributed by atoms with E-state index in [9.17, 15) is 0 Å². The standard InChI is InChI=1S/C15H16Br2N2O2/c1-3-18-9-10-5-4-6-15(19-10)21-14-8-11(16)13(20-2)7-12(14)17/h4-8,18H,3,9H2,1-2H3. The van der Waals surface area contributed by atoms with Crippen LogP contribution in [0.3, 0.4) is 0 Å². The Morgan fingerprint density at radius 3 is 2.57 bits per heavy atom. The largest absolute Gasteiger partial charge is 0.496 e. The van der Waals surface area contributed by atoms with Gasteiger partial charge in [-0.25, -0.2) is 4.98 Å². The molecule has 4 nitrogen and oxygen atoms in total. The van der Waals surface area contributed by atoms with Gasteiger partial charge in [0.1, 0.15) is 11.5 Å². The van der Waals surface area contributed by atoms with Crippen molar-refractivity contribution in [1.82, 2.24) is 10.3 Å². The van der Waals surface area contributed by atoms with Crippen molar-refractivity contribution < 1.29 is 9.47 Å². The molecule has 0 radical (unpaired) electrons. The Labute approximate surface area is 141 Å². The predicted molar refractivity (Wildman–Crippen MR) is 90.1 cm³/mol. The zero-order chi connectivity index (χ0) is 15.2. The Bertz CT molecular complexity index is 621. The highest BCUT2D eigenvalue weighted by Crippen LogP contribution is 2.37. The van der Waals surface area contributed by atoms with Gasteiger partial charge in [0, 0.05) is 12.6 Å². The Hall–Kier alpha value is -1.11. The molecule has 0 fully saturated rings. The first-order valence-corrected chi connectivity index (χ1v) is 8.10. The number of halogens is 2. The summed E-state index contributed by atoms with van der Waals surface area (Å²) in [5.74, 6) is 1.97. The van der Waals surface area contributed by atoms with Crippen LogP contribution in [0.4, 0.5) is 0 Å². The van der Waals surface area contributed by atoms with Crippen molar-refractivity contribution in [2.45, 2.75) is 13.5 Å². The molecule has 0 aliphatic rings. The molecule has 0 spiro atoms. The molecule has 0 saturated carbocycles. The van der Waals surface area contributed by atoms with Crippen molar-refractivity contribution in [3.63, 3.8) is 0 Å². The Morgan fingerprint density at radius 1 is 1.14 bits per heavy atom. The van der Waals surface area contributed by atoms with Gasteiger partial charge < -0.3 is 14.8 Å². The number of hydrogen-bond donors (Lipinski definition) is 1. The fourth-order valence-corrected chi connectivity index (χ4v) is 2.61. The third kappa shape index (κ3) is 4.43. The van der Waals surface area contributed by atoms with E-state index < -0.39 is 0 Å². The topological polar surface area (TPSA) is 43.4 Å². The SMILES string of the molecule is CCNCc1cccc(Oc2cc(Br)c(OC)cc2Br)n1. The number of pyridine rings is 1. The van der Waals surface area contributed by atoms with Gasteiger partial charge in [0.05, 0.1) is 21.7 Å². The summed E-state index contributed by atoms with van der Waals surface area (Å²) in [4.78, 5) is 4.47. The van der Waals surface area contributed by atoms with Gasteiger partial charge in [-0.3, -0.25) is 0 Å². The normalized spacial score (nSPS) is 10.5. The van der Waals surface area contributed by atoms with E-state index in [2.05, 4.69) is 49.1 Å². The molecule has 21 heavy (non-hydrogen) atoms. The van der Waals surface area contributed by atoms with Crippen molar-refractivity contribution in [3.05, 3.63) is 45.0 Å². The van der Waals surface area contributed by atoms with Gasteiger partial charge in [0.2, 0.25) is 5.88 Å². The lowest BCUT2D eigenvalue weighted by Gasteiger charge is -2.11. The maximum atomic E-state index is 5.84. The van der Waals surface area contributed by atoms with Crippen LogP contribution in [-0.2, 0) is 6.54 Å². The molecular formula is C15H16Br2N2O2. The highest BCUT2D eigenvalue weighted by molar-refractivity contribution is 9.11. The molecule has 0 atom stereocenters. The molecule has 112 valence electrons. The van der Waals surface area contributed by atoms with Crippen LogP contribution >= 0.6 is 31.9 Å². The quantitative estimate of drug-likeness (QED) is 0.753. The summed E-state index contributed by atoms with van der Waals surface area (Å²) in [7, 11) is 1.62. The summed E-state index contributed by atoms with van der Waals surface area (Å²) in [6.07, 6.45) is 0. The minimum Gasteiger partial charge on any atom is -0.496 e. The molecule has 2 aromatic rings. The van der Waals surface area contributed by atoms with Gasteiger partial charge in [-0.2, -0.15) is 0 Å². The summed E-state index contributed by atoms with van der Waals surface area (Å²) in [6, 6.07) is 9.43. The average molecular weight is 416 g/mol. The van der Waals surface area contributed by atoms with E-state index in [1.54, 1.807) is 7.11 Å². The smallest absolute Gasteiger partial charge is 0.219 e. The third-order valence-electron chi connectivity index (χ3n) is 2.76. The third-order valence-corrected chi connectivity index (χ3v) is 4.00. The summed E-state index contributed by atoms with van der Waals surface area (Å²) >= 11 is 6.92. The number of ether oxygens (including phenoxy) is 2. The van der Waals surface area contributed by atoms with Gasteiger partial charge in [-0.1, -0.05) is 13.0 Å². The van der Waals surface area contributed by atoms with Crippen LogP contribution in [0, 0.1) is 0 Å². The summed E-state index contributed by atoms with van der Waals surface area (Å²) in [5, 5.41) is 3.24. The molecule has 0 saturated heterocycles. The number of hydrogen-bond acceptors (Lipinski definition) is 4. The Kier molecular flexibility index (Phi) is 6.02. The number of benzene rings is 1. The molecule has 0 amide bonds. The number of aromatic nitrogens is 1. The zero-order valence-electron chi connectivity index (χ0n) is 11.8. The van der Waals surface area contributed by atoms with Crippen molar-refractivity contribution >= 4 is 31.9 Å². The number of methoxy groups -OCH3 is 1. The minimum absolute atomic E-state index is 0.558. The van der Waals surface area contributed by atoms with E-state index in [0.29, 0.717) is 11.6 Å². The number of nitrogens with zero attached hydrogens (tertiary/aromatic N) is 1. The van der Waals surface area contributed by atoms with Crippen LogP contribution in [0.2, 0.25) is 0 Å². The first-order chi connectivity index (χ1) is 10.1. The molecular weight excluding hydrogens is 400 g/mol. The highest BCUT2D eigenvalue weighted by Gasteiger charge is 2.10. The molecule has 2 rings (SSSR count). The van der Waals surface area contributed by atoms with Crippen LogP contribution in [-0.4, -0.2) is 18.6 Å². The molecule has 1 aromatic heterocycles. The van der Waals surface area contributed by atoms with Crippen LogP contribution in [0.25, 0.3) is 0 Å². The summed E-state index contributed by atoms with van der Waals surface area (Å²) in [5.41, 5.74) is 0.943. The molecule has 0 bridgehead atoms. The maximum absolute atomic E-state index is 5.84. The molecule has 1 N–H and O–H groups in total. The van der Waals surface area contributed by atoms with E-state index in [1.165, 1.54) is 0 Å². The molecule has 0 aliphatic carbocycles. The van der Waals surface area contributed by atoms with Gasteiger partial charge in [-0.15, -0.1) is 0 Å². The van der Waals surface area contributed by atoms with Gasteiger partial charge >= 0.3 is 0 Å². The predicted octanol–water partition coefficient (Wildman–Crippen LogP) is 4.52. The minimum atomic E-state index is 0.558. The van der Waals surface area contributed by atoms with E-state index in [1.807, 2.05) is 30.3 Å². The zero-order valence-corrected chi connectivity index (χ0v) is 15.0. The summed E-state index contributed by atoms with van der Waals surface area (Å²) in [6.45, 7) is 3.69. The van der Waals surface area contributed by atoms with Crippen LogP contribution in [0.15, 0.2) is 39.3 Å². The molecule has 1 heterocycles. The van der Waals surface area contributed by atoms with E-state index in [0.717, 1.165) is 33.5 Å². The lowest BCUT2D eigenvalue weighted by Crippen LogP contribution is -2.12. The molecule has 1 aromatic carbocycles. The van der Waals surface area contributed by atoms with E-state index >= 15 is 0 Å². The second-order valence-electron chi connectivity index (χ2n) is 4.27. The first-order valence-electron chi connectivity index (χ1n) is 6.51. The maximum Gasteiger partial charge on any atom is 0.219 e. The van der Waals surface area contributed by atoms with Crippen LogP contribution < -0.4 is 14.8 Å². The Balaban J connectivity index is 2.20. The molecule has 0 unspecified atom stereocenters. The Morgan fingerprint density at radius 2 is 1.86 bits per heavy atom. The highest BCUT2D eigenvalue weighted by atomic mass is 79.9. The van der Waals surface area contributed by atoms with Crippen LogP contribution in [0.1, 0.15) is 12.6 Å². The monoisotopic (exact) mass is 414 g/mol. The average Bonchev–Trinajstić information content (AvgIpc) is 2.49. The van der Waals surface area contributed by atoms with Gasteiger partial charge in [0.15, 0.2) is 0 Å². The fraction of sp³-hybridized carbons (Fsp3) is 0.267. The second-order valence-corrected chi connectivity index (χ2v) is 5.98. The van der Waals surface area contributed by atoms with Crippen molar-refractivity contribution in [2.24, 2.45) is 0 Å². The van der Waals surface area contributed by atoms with E-state index in [-0.39, 0.29) is 0 Å². The molecule has 6 heteroatoms. The number of rotatable bonds is 6. The summed E-state index contributed by atoms with van der Waals surface area (Å²) < 4.78 is 12.7. The van der Waals surface area contributed by atoms with E-state index in [4.69, 9.17) is 9.47 Å². The van der Waals surface area contributed by atoms with Crippen molar-refractivity contribution in [3.8, 4) is 17.4 Å². The van der Waals surface area contributed by atoms with Gasteiger partial charge in [-0.05, 0) is 56.6 Å².